The van der Waals surface area contributed by atoms with Crippen LogP contribution in [0.1, 0.15) is 19.4 Å². The van der Waals surface area contributed by atoms with E-state index in [9.17, 15) is 0 Å². The third-order valence-corrected chi connectivity index (χ3v) is 4.93. The van der Waals surface area contributed by atoms with Gasteiger partial charge < -0.3 is 15.2 Å². The van der Waals surface area contributed by atoms with Gasteiger partial charge in [0.25, 0.3) is 0 Å². The number of fused-ring (bicyclic) bond motifs is 1. The zero-order chi connectivity index (χ0) is 17.5. The van der Waals surface area contributed by atoms with Gasteiger partial charge in [0.2, 0.25) is 0 Å². The maximum absolute atomic E-state index is 3.62. The van der Waals surface area contributed by atoms with E-state index in [1.165, 1.54) is 27.7 Å². The van der Waals surface area contributed by atoms with E-state index < -0.39 is 0 Å². The van der Waals surface area contributed by atoms with Crippen molar-refractivity contribution in [2.75, 3.05) is 32.7 Å². The minimum Gasteiger partial charge on any atom is -0.354 e. The molecule has 1 aromatic heterocycles. The van der Waals surface area contributed by atoms with Gasteiger partial charge in [0.15, 0.2) is 0 Å². The SMILES string of the molecule is CCN(CC)CCNCCc1c(-c2ccccc2)[nH]c2ccccc12. The van der Waals surface area contributed by atoms with Gasteiger partial charge in [0.05, 0.1) is 0 Å². The third kappa shape index (κ3) is 4.30. The van der Waals surface area contributed by atoms with E-state index in [2.05, 4.69) is 83.6 Å². The summed E-state index contributed by atoms with van der Waals surface area (Å²) in [7, 11) is 0. The maximum atomic E-state index is 3.62. The minimum atomic E-state index is 1.00. The molecular formula is C22H29N3. The van der Waals surface area contributed by atoms with Crippen LogP contribution < -0.4 is 5.32 Å². The Balaban J connectivity index is 1.72. The van der Waals surface area contributed by atoms with Crippen LogP contribution in [0.25, 0.3) is 22.2 Å². The summed E-state index contributed by atoms with van der Waals surface area (Å²) < 4.78 is 0. The molecule has 1 heterocycles. The summed E-state index contributed by atoms with van der Waals surface area (Å²) in [5, 5.41) is 4.95. The Kier molecular flexibility index (Phi) is 6.26. The number of nitrogens with zero attached hydrogens (tertiary/aromatic N) is 1. The molecule has 0 radical (unpaired) electrons. The zero-order valence-electron chi connectivity index (χ0n) is 15.4. The van der Waals surface area contributed by atoms with Crippen molar-refractivity contribution in [2.24, 2.45) is 0 Å². The van der Waals surface area contributed by atoms with Crippen LogP contribution in [-0.4, -0.2) is 42.6 Å². The molecule has 3 nitrogen and oxygen atoms in total. The predicted molar refractivity (Wildman–Crippen MR) is 108 cm³/mol. The van der Waals surface area contributed by atoms with Gasteiger partial charge in [-0.2, -0.15) is 0 Å². The van der Waals surface area contributed by atoms with Gasteiger partial charge in [-0.1, -0.05) is 62.4 Å². The second-order valence-electron chi connectivity index (χ2n) is 6.42. The van der Waals surface area contributed by atoms with E-state index in [4.69, 9.17) is 0 Å². The fraction of sp³-hybridized carbons (Fsp3) is 0.364. The first kappa shape index (κ1) is 17.7. The smallest absolute Gasteiger partial charge is 0.0497 e. The Morgan fingerprint density at radius 3 is 2.36 bits per heavy atom. The highest BCUT2D eigenvalue weighted by molar-refractivity contribution is 5.90. The lowest BCUT2D eigenvalue weighted by Gasteiger charge is -2.18. The molecule has 0 bridgehead atoms. The molecule has 132 valence electrons. The lowest BCUT2D eigenvalue weighted by molar-refractivity contribution is 0.303. The van der Waals surface area contributed by atoms with E-state index in [0.717, 1.165) is 39.1 Å². The van der Waals surface area contributed by atoms with Crippen molar-refractivity contribution in [3.8, 4) is 11.3 Å². The first-order valence-electron chi connectivity index (χ1n) is 9.41. The number of aromatic amines is 1. The topological polar surface area (TPSA) is 31.1 Å². The van der Waals surface area contributed by atoms with Gasteiger partial charge in [0.1, 0.15) is 0 Å². The molecule has 0 saturated carbocycles. The van der Waals surface area contributed by atoms with Crippen LogP contribution in [-0.2, 0) is 6.42 Å². The third-order valence-electron chi connectivity index (χ3n) is 4.93. The number of rotatable bonds is 9. The molecule has 0 atom stereocenters. The molecule has 0 aliphatic heterocycles. The fourth-order valence-electron chi connectivity index (χ4n) is 3.43. The molecule has 0 aliphatic rings. The number of hydrogen-bond acceptors (Lipinski definition) is 2. The van der Waals surface area contributed by atoms with E-state index in [1.807, 2.05) is 0 Å². The fourth-order valence-corrected chi connectivity index (χ4v) is 3.43. The van der Waals surface area contributed by atoms with E-state index in [1.54, 1.807) is 0 Å². The molecule has 0 fully saturated rings. The molecule has 3 rings (SSSR count). The molecule has 3 heteroatoms. The van der Waals surface area contributed by atoms with Crippen LogP contribution in [0.5, 0.6) is 0 Å². The summed E-state index contributed by atoms with van der Waals surface area (Å²) >= 11 is 0. The van der Waals surface area contributed by atoms with Crippen molar-refractivity contribution in [1.29, 1.82) is 0 Å². The van der Waals surface area contributed by atoms with Crippen LogP contribution >= 0.6 is 0 Å². The molecule has 0 aliphatic carbocycles. The molecule has 2 aromatic carbocycles. The quantitative estimate of drug-likeness (QED) is 0.571. The molecule has 0 amide bonds. The average Bonchev–Trinajstić information content (AvgIpc) is 3.04. The minimum absolute atomic E-state index is 1.00. The number of H-pyrrole nitrogens is 1. The zero-order valence-corrected chi connectivity index (χ0v) is 15.4. The van der Waals surface area contributed by atoms with Crippen LogP contribution in [0, 0.1) is 0 Å². The van der Waals surface area contributed by atoms with Gasteiger partial charge in [-0.05, 0) is 43.2 Å². The van der Waals surface area contributed by atoms with Gasteiger partial charge >= 0.3 is 0 Å². The first-order chi connectivity index (χ1) is 12.3. The summed E-state index contributed by atoms with van der Waals surface area (Å²) in [4.78, 5) is 6.07. The second kappa shape index (κ2) is 8.84. The highest BCUT2D eigenvalue weighted by Gasteiger charge is 2.12. The number of nitrogens with one attached hydrogen (secondary N) is 2. The molecule has 0 spiro atoms. The van der Waals surface area contributed by atoms with Gasteiger partial charge in [-0.25, -0.2) is 0 Å². The van der Waals surface area contributed by atoms with E-state index >= 15 is 0 Å². The molecular weight excluding hydrogens is 306 g/mol. The maximum Gasteiger partial charge on any atom is 0.0497 e. The van der Waals surface area contributed by atoms with Crippen molar-refractivity contribution < 1.29 is 0 Å². The van der Waals surface area contributed by atoms with Crippen molar-refractivity contribution >= 4 is 10.9 Å². The Morgan fingerprint density at radius 1 is 0.880 bits per heavy atom. The summed E-state index contributed by atoms with van der Waals surface area (Å²) in [6, 6.07) is 19.3. The molecule has 3 aromatic rings. The largest absolute Gasteiger partial charge is 0.354 e. The second-order valence-corrected chi connectivity index (χ2v) is 6.42. The number of benzene rings is 2. The van der Waals surface area contributed by atoms with Gasteiger partial charge in [-0.3, -0.25) is 0 Å². The Bertz CT molecular complexity index is 772. The predicted octanol–water partition coefficient (Wildman–Crippen LogP) is 4.31. The van der Waals surface area contributed by atoms with Crippen molar-refractivity contribution in [2.45, 2.75) is 20.3 Å². The van der Waals surface area contributed by atoms with Crippen molar-refractivity contribution in [1.82, 2.24) is 15.2 Å². The van der Waals surface area contributed by atoms with Crippen molar-refractivity contribution in [3.63, 3.8) is 0 Å². The highest BCUT2D eigenvalue weighted by atomic mass is 15.1. The van der Waals surface area contributed by atoms with E-state index in [-0.39, 0.29) is 0 Å². The molecule has 2 N–H and O–H groups in total. The summed E-state index contributed by atoms with van der Waals surface area (Å²) in [5.41, 5.74) is 5.15. The summed E-state index contributed by atoms with van der Waals surface area (Å²) in [6.07, 6.45) is 1.03. The Hall–Kier alpha value is -2.10. The van der Waals surface area contributed by atoms with Gasteiger partial charge in [0, 0.05) is 29.7 Å². The number of aromatic nitrogens is 1. The average molecular weight is 335 g/mol. The lowest BCUT2D eigenvalue weighted by Crippen LogP contribution is -2.32. The molecule has 0 saturated heterocycles. The molecule has 25 heavy (non-hydrogen) atoms. The van der Waals surface area contributed by atoms with Crippen LogP contribution in [0.15, 0.2) is 54.6 Å². The highest BCUT2D eigenvalue weighted by Crippen LogP contribution is 2.30. The van der Waals surface area contributed by atoms with Crippen LogP contribution in [0.3, 0.4) is 0 Å². The van der Waals surface area contributed by atoms with Crippen molar-refractivity contribution in [3.05, 3.63) is 60.2 Å². The number of likely N-dealkylation sites (N-methyl/N-ethyl adjacent to an activating group) is 1. The lowest BCUT2D eigenvalue weighted by atomic mass is 10.0. The van der Waals surface area contributed by atoms with Crippen LogP contribution in [0.4, 0.5) is 0 Å². The number of para-hydroxylation sites is 1. The number of hydrogen-bond donors (Lipinski definition) is 2. The standard InChI is InChI=1S/C22H29N3/c1-3-25(4-2)17-16-23-15-14-20-19-12-8-9-13-21(19)24-22(20)18-10-6-5-7-11-18/h5-13,23-24H,3-4,14-17H2,1-2H3. The Labute approximate surface area is 151 Å². The summed E-state index contributed by atoms with van der Waals surface area (Å²) in [5.74, 6) is 0. The Morgan fingerprint density at radius 2 is 1.60 bits per heavy atom. The normalized spacial score (nSPS) is 11.5. The van der Waals surface area contributed by atoms with E-state index in [0.29, 0.717) is 0 Å². The monoisotopic (exact) mass is 335 g/mol. The summed E-state index contributed by atoms with van der Waals surface area (Å²) in [6.45, 7) is 9.86. The van der Waals surface area contributed by atoms with Gasteiger partial charge in [-0.15, -0.1) is 0 Å². The molecule has 0 unspecified atom stereocenters. The van der Waals surface area contributed by atoms with Crippen LogP contribution in [0.2, 0.25) is 0 Å². The first-order valence-corrected chi connectivity index (χ1v) is 9.41.